The Balaban J connectivity index is 1.68. The first kappa shape index (κ1) is 15.4. The Morgan fingerprint density at radius 3 is 2.75 bits per heavy atom. The van der Waals surface area contributed by atoms with E-state index in [1.165, 1.54) is 5.56 Å². The first-order chi connectivity index (χ1) is 9.59. The topological polar surface area (TPSA) is 35.5 Å². The van der Waals surface area contributed by atoms with Crippen LogP contribution in [0.4, 0.5) is 8.78 Å². The van der Waals surface area contributed by atoms with E-state index in [4.69, 9.17) is 5.11 Å². The van der Waals surface area contributed by atoms with Crippen molar-refractivity contribution >= 4 is 0 Å². The molecule has 5 heteroatoms. The highest BCUT2D eigenvalue weighted by Gasteiger charge is 2.30. The summed E-state index contributed by atoms with van der Waals surface area (Å²) in [4.78, 5) is 2.29. The van der Waals surface area contributed by atoms with Crippen molar-refractivity contribution in [3.05, 3.63) is 35.9 Å². The lowest BCUT2D eigenvalue weighted by Crippen LogP contribution is -2.42. The number of aliphatic hydroxyl groups excluding tert-OH is 1. The predicted molar refractivity (Wildman–Crippen MR) is 75.0 cm³/mol. The van der Waals surface area contributed by atoms with Crippen molar-refractivity contribution in [2.75, 3.05) is 32.8 Å². The summed E-state index contributed by atoms with van der Waals surface area (Å²) in [6.07, 6.45) is 1.87. The zero-order valence-corrected chi connectivity index (χ0v) is 11.6. The second-order valence-corrected chi connectivity index (χ2v) is 5.42. The number of likely N-dealkylation sites (tertiary alicyclic amines) is 1. The van der Waals surface area contributed by atoms with Crippen LogP contribution in [0.3, 0.4) is 0 Å². The van der Waals surface area contributed by atoms with Gasteiger partial charge in [0.1, 0.15) is 6.61 Å². The summed E-state index contributed by atoms with van der Waals surface area (Å²) < 4.78 is 25.9. The molecule has 1 heterocycles. The highest BCUT2D eigenvalue weighted by Crippen LogP contribution is 2.14. The van der Waals surface area contributed by atoms with Crippen LogP contribution in [0.25, 0.3) is 0 Å². The third-order valence-electron chi connectivity index (χ3n) is 3.71. The molecule has 1 fully saturated rings. The molecule has 0 amide bonds. The lowest BCUT2D eigenvalue weighted by atomic mass is 10.1. The van der Waals surface area contributed by atoms with E-state index in [-0.39, 0.29) is 6.04 Å². The number of hydrogen-bond donors (Lipinski definition) is 2. The molecule has 2 N–H and O–H groups in total. The van der Waals surface area contributed by atoms with Gasteiger partial charge < -0.3 is 15.3 Å². The molecule has 20 heavy (non-hydrogen) atoms. The molecule has 0 bridgehead atoms. The molecule has 1 unspecified atom stereocenters. The number of halogens is 2. The third-order valence-corrected chi connectivity index (χ3v) is 3.71. The van der Waals surface area contributed by atoms with Crippen LogP contribution in [0.2, 0.25) is 0 Å². The fraction of sp³-hybridized carbons (Fsp3) is 0.600. The van der Waals surface area contributed by atoms with E-state index < -0.39 is 19.1 Å². The maximum atomic E-state index is 12.9. The number of alkyl halides is 2. The summed E-state index contributed by atoms with van der Waals surface area (Å²) in [5.74, 6) is -3.02. The van der Waals surface area contributed by atoms with Gasteiger partial charge in [-0.2, -0.15) is 0 Å². The van der Waals surface area contributed by atoms with Crippen LogP contribution in [0, 0.1) is 0 Å². The molecule has 0 radical (unpaired) electrons. The Morgan fingerprint density at radius 2 is 2.05 bits per heavy atom. The predicted octanol–water partition coefficient (Wildman–Crippen LogP) is 1.52. The van der Waals surface area contributed by atoms with Crippen LogP contribution >= 0.6 is 0 Å². The molecule has 1 saturated heterocycles. The minimum atomic E-state index is -3.02. The number of rotatable bonds is 7. The second-order valence-electron chi connectivity index (χ2n) is 5.42. The maximum absolute atomic E-state index is 12.9. The number of nitrogens with zero attached hydrogens (tertiary/aromatic N) is 1. The average molecular weight is 284 g/mol. The standard InChI is InChI=1S/C15H22F2N2O/c16-15(17,12-20)11-18-14-7-9-19(10-14)8-6-13-4-2-1-3-5-13/h1-5,14,18,20H,6-12H2. The normalized spacial score (nSPS) is 20.4. The van der Waals surface area contributed by atoms with E-state index in [9.17, 15) is 8.78 Å². The zero-order chi connectivity index (χ0) is 14.4. The van der Waals surface area contributed by atoms with Crippen LogP contribution in [0.5, 0.6) is 0 Å². The smallest absolute Gasteiger partial charge is 0.282 e. The minimum absolute atomic E-state index is 0.100. The molecule has 112 valence electrons. The van der Waals surface area contributed by atoms with E-state index in [1.807, 2.05) is 18.2 Å². The Kier molecular flexibility index (Phi) is 5.46. The van der Waals surface area contributed by atoms with Crippen molar-refractivity contribution in [3.63, 3.8) is 0 Å². The van der Waals surface area contributed by atoms with Gasteiger partial charge in [-0.15, -0.1) is 0 Å². The molecule has 1 aromatic rings. The zero-order valence-electron chi connectivity index (χ0n) is 11.6. The Hall–Kier alpha value is -1.04. The molecule has 0 aromatic heterocycles. The van der Waals surface area contributed by atoms with Gasteiger partial charge in [0.2, 0.25) is 0 Å². The Morgan fingerprint density at radius 1 is 1.30 bits per heavy atom. The third kappa shape index (κ3) is 4.81. The highest BCUT2D eigenvalue weighted by atomic mass is 19.3. The minimum Gasteiger partial charge on any atom is -0.390 e. The van der Waals surface area contributed by atoms with Gasteiger partial charge in [-0.1, -0.05) is 30.3 Å². The van der Waals surface area contributed by atoms with Gasteiger partial charge in [0, 0.05) is 19.1 Å². The lowest BCUT2D eigenvalue weighted by Gasteiger charge is -2.19. The van der Waals surface area contributed by atoms with Crippen molar-refractivity contribution in [3.8, 4) is 0 Å². The van der Waals surface area contributed by atoms with Crippen LogP contribution in [0.15, 0.2) is 30.3 Å². The first-order valence-electron chi connectivity index (χ1n) is 7.07. The van der Waals surface area contributed by atoms with Crippen molar-refractivity contribution in [2.24, 2.45) is 0 Å². The van der Waals surface area contributed by atoms with Crippen molar-refractivity contribution in [1.82, 2.24) is 10.2 Å². The molecule has 3 nitrogen and oxygen atoms in total. The lowest BCUT2D eigenvalue weighted by molar-refractivity contribution is -0.0491. The molecule has 1 atom stereocenters. The maximum Gasteiger partial charge on any atom is 0.282 e. The second kappa shape index (κ2) is 7.11. The fourth-order valence-corrected chi connectivity index (χ4v) is 2.48. The Bertz CT molecular complexity index is 400. The largest absolute Gasteiger partial charge is 0.390 e. The molecule has 2 rings (SSSR count). The van der Waals surface area contributed by atoms with Crippen LogP contribution in [-0.2, 0) is 6.42 Å². The number of nitrogens with one attached hydrogen (secondary N) is 1. The molecule has 0 aliphatic carbocycles. The van der Waals surface area contributed by atoms with Gasteiger partial charge in [-0.05, 0) is 24.9 Å². The first-order valence-corrected chi connectivity index (χ1v) is 7.07. The molecular formula is C15H22F2N2O. The van der Waals surface area contributed by atoms with Crippen molar-refractivity contribution in [2.45, 2.75) is 24.8 Å². The summed E-state index contributed by atoms with van der Waals surface area (Å²) in [5, 5.41) is 11.4. The summed E-state index contributed by atoms with van der Waals surface area (Å²) in [5.41, 5.74) is 1.30. The summed E-state index contributed by atoms with van der Waals surface area (Å²) in [6, 6.07) is 10.4. The number of aliphatic hydroxyl groups is 1. The van der Waals surface area contributed by atoms with Crippen molar-refractivity contribution in [1.29, 1.82) is 0 Å². The summed E-state index contributed by atoms with van der Waals surface area (Å²) >= 11 is 0. The summed E-state index contributed by atoms with van der Waals surface area (Å²) in [6.45, 7) is 1.16. The van der Waals surface area contributed by atoms with Gasteiger partial charge >= 0.3 is 0 Å². The molecule has 1 aliphatic heterocycles. The van der Waals surface area contributed by atoms with Crippen LogP contribution < -0.4 is 5.32 Å². The molecule has 0 saturated carbocycles. The van der Waals surface area contributed by atoms with Gasteiger partial charge in [-0.3, -0.25) is 0 Å². The number of benzene rings is 1. The SMILES string of the molecule is OCC(F)(F)CNC1CCN(CCc2ccccc2)C1. The van der Waals surface area contributed by atoms with Crippen LogP contribution in [0.1, 0.15) is 12.0 Å². The van der Waals surface area contributed by atoms with E-state index in [1.54, 1.807) is 0 Å². The Labute approximate surface area is 118 Å². The van der Waals surface area contributed by atoms with E-state index in [2.05, 4.69) is 22.3 Å². The van der Waals surface area contributed by atoms with Gasteiger partial charge in [0.25, 0.3) is 5.92 Å². The fourth-order valence-electron chi connectivity index (χ4n) is 2.48. The highest BCUT2D eigenvalue weighted by molar-refractivity contribution is 5.14. The molecule has 0 spiro atoms. The van der Waals surface area contributed by atoms with E-state index in [0.29, 0.717) is 0 Å². The van der Waals surface area contributed by atoms with Crippen molar-refractivity contribution < 1.29 is 13.9 Å². The molecule has 1 aromatic carbocycles. The van der Waals surface area contributed by atoms with Crippen LogP contribution in [-0.4, -0.2) is 54.8 Å². The van der Waals surface area contributed by atoms with Gasteiger partial charge in [-0.25, -0.2) is 8.78 Å². The quantitative estimate of drug-likeness (QED) is 0.797. The van der Waals surface area contributed by atoms with Gasteiger partial charge in [0.15, 0.2) is 0 Å². The van der Waals surface area contributed by atoms with Gasteiger partial charge in [0.05, 0.1) is 6.54 Å². The van der Waals surface area contributed by atoms with E-state index >= 15 is 0 Å². The summed E-state index contributed by atoms with van der Waals surface area (Å²) in [7, 11) is 0. The number of hydrogen-bond acceptors (Lipinski definition) is 3. The molecular weight excluding hydrogens is 262 g/mol. The molecule has 1 aliphatic rings. The van der Waals surface area contributed by atoms with E-state index in [0.717, 1.165) is 32.5 Å². The average Bonchev–Trinajstić information content (AvgIpc) is 2.92. The monoisotopic (exact) mass is 284 g/mol.